The lowest BCUT2D eigenvalue weighted by Gasteiger charge is -2.04. The average molecular weight is 234 g/mol. The standard InChI is InChI=1S/C12H8F2N2O/c13-9-3-1-2-8(6-9)12(17)16-10-4-5-11(14)15-7-10/h1-7H,(H,16,17). The monoisotopic (exact) mass is 234 g/mol. The molecule has 17 heavy (non-hydrogen) atoms. The third kappa shape index (κ3) is 2.84. The van der Waals surface area contributed by atoms with Crippen molar-refractivity contribution in [3.05, 3.63) is 59.9 Å². The highest BCUT2D eigenvalue weighted by atomic mass is 19.1. The number of rotatable bonds is 2. The highest BCUT2D eigenvalue weighted by Crippen LogP contribution is 2.09. The molecule has 1 aromatic heterocycles. The molecule has 0 radical (unpaired) electrons. The highest BCUT2D eigenvalue weighted by Gasteiger charge is 2.06. The summed E-state index contributed by atoms with van der Waals surface area (Å²) in [5.74, 6) is -1.60. The van der Waals surface area contributed by atoms with Gasteiger partial charge < -0.3 is 5.32 Å². The van der Waals surface area contributed by atoms with Crippen molar-refractivity contribution in [2.24, 2.45) is 0 Å². The number of nitrogens with one attached hydrogen (secondary N) is 1. The minimum Gasteiger partial charge on any atom is -0.321 e. The van der Waals surface area contributed by atoms with Crippen molar-refractivity contribution in [2.75, 3.05) is 5.32 Å². The number of carbonyl (C=O) groups is 1. The van der Waals surface area contributed by atoms with E-state index >= 15 is 0 Å². The molecular formula is C12H8F2N2O. The molecule has 0 aliphatic carbocycles. The van der Waals surface area contributed by atoms with Crippen molar-refractivity contribution in [1.29, 1.82) is 0 Å². The van der Waals surface area contributed by atoms with Crippen LogP contribution in [0.3, 0.4) is 0 Å². The quantitative estimate of drug-likeness (QED) is 0.811. The topological polar surface area (TPSA) is 42.0 Å². The molecule has 0 unspecified atom stereocenters. The first kappa shape index (κ1) is 11.2. The molecule has 1 amide bonds. The zero-order valence-electron chi connectivity index (χ0n) is 8.65. The molecule has 0 saturated heterocycles. The maximum absolute atomic E-state index is 12.9. The van der Waals surface area contributed by atoms with Crippen LogP contribution in [-0.4, -0.2) is 10.9 Å². The van der Waals surface area contributed by atoms with Gasteiger partial charge in [0.15, 0.2) is 0 Å². The van der Waals surface area contributed by atoms with E-state index in [9.17, 15) is 13.6 Å². The molecule has 0 bridgehead atoms. The van der Waals surface area contributed by atoms with Crippen molar-refractivity contribution < 1.29 is 13.6 Å². The van der Waals surface area contributed by atoms with E-state index in [4.69, 9.17) is 0 Å². The summed E-state index contributed by atoms with van der Waals surface area (Å²) >= 11 is 0. The van der Waals surface area contributed by atoms with Gasteiger partial charge >= 0.3 is 0 Å². The number of hydrogen-bond acceptors (Lipinski definition) is 2. The number of benzene rings is 1. The van der Waals surface area contributed by atoms with Crippen LogP contribution in [0.5, 0.6) is 0 Å². The predicted octanol–water partition coefficient (Wildman–Crippen LogP) is 2.61. The number of amides is 1. The fourth-order valence-corrected chi connectivity index (χ4v) is 1.28. The number of aromatic nitrogens is 1. The number of nitrogens with zero attached hydrogens (tertiary/aromatic N) is 1. The van der Waals surface area contributed by atoms with Crippen LogP contribution in [0.4, 0.5) is 14.5 Å². The zero-order valence-corrected chi connectivity index (χ0v) is 8.65. The van der Waals surface area contributed by atoms with Crippen LogP contribution in [0.15, 0.2) is 42.6 Å². The molecule has 3 nitrogen and oxygen atoms in total. The van der Waals surface area contributed by atoms with Gasteiger partial charge in [0, 0.05) is 5.56 Å². The van der Waals surface area contributed by atoms with Gasteiger partial charge in [-0.3, -0.25) is 4.79 Å². The smallest absolute Gasteiger partial charge is 0.255 e. The van der Waals surface area contributed by atoms with Crippen molar-refractivity contribution in [2.45, 2.75) is 0 Å². The van der Waals surface area contributed by atoms with E-state index in [1.807, 2.05) is 0 Å². The van der Waals surface area contributed by atoms with Crippen molar-refractivity contribution in [1.82, 2.24) is 4.98 Å². The molecule has 0 aliphatic rings. The summed E-state index contributed by atoms with van der Waals surface area (Å²) in [7, 11) is 0. The van der Waals surface area contributed by atoms with Gasteiger partial charge in [-0.05, 0) is 30.3 Å². The molecule has 2 rings (SSSR count). The Morgan fingerprint density at radius 3 is 2.65 bits per heavy atom. The molecule has 0 fully saturated rings. The fraction of sp³-hybridized carbons (Fsp3) is 0. The molecule has 5 heteroatoms. The molecule has 86 valence electrons. The summed E-state index contributed by atoms with van der Waals surface area (Å²) in [5, 5.41) is 2.48. The molecule has 1 aromatic carbocycles. The summed E-state index contributed by atoms with van der Waals surface area (Å²) < 4.78 is 25.4. The maximum atomic E-state index is 12.9. The normalized spacial score (nSPS) is 10.0. The number of anilines is 1. The van der Waals surface area contributed by atoms with Crippen LogP contribution >= 0.6 is 0 Å². The van der Waals surface area contributed by atoms with Crippen LogP contribution in [0.2, 0.25) is 0 Å². The highest BCUT2D eigenvalue weighted by molar-refractivity contribution is 6.04. The van der Waals surface area contributed by atoms with E-state index in [2.05, 4.69) is 10.3 Å². The van der Waals surface area contributed by atoms with Gasteiger partial charge in [-0.1, -0.05) is 6.07 Å². The Bertz CT molecular complexity index is 540. The summed E-state index contributed by atoms with van der Waals surface area (Å²) in [6, 6.07) is 7.78. The molecule has 1 heterocycles. The lowest BCUT2D eigenvalue weighted by Crippen LogP contribution is -2.12. The van der Waals surface area contributed by atoms with Gasteiger partial charge in [-0.15, -0.1) is 0 Å². The molecule has 2 aromatic rings. The van der Waals surface area contributed by atoms with Crippen LogP contribution in [0.1, 0.15) is 10.4 Å². The van der Waals surface area contributed by atoms with Crippen molar-refractivity contribution in [3.63, 3.8) is 0 Å². The average Bonchev–Trinajstić information content (AvgIpc) is 2.32. The third-order valence-corrected chi connectivity index (χ3v) is 2.07. The molecule has 1 N–H and O–H groups in total. The third-order valence-electron chi connectivity index (χ3n) is 2.07. The Kier molecular flexibility index (Phi) is 3.09. The Balaban J connectivity index is 2.14. The van der Waals surface area contributed by atoms with E-state index in [0.29, 0.717) is 5.69 Å². The Hall–Kier alpha value is -2.30. The maximum Gasteiger partial charge on any atom is 0.255 e. The second-order valence-corrected chi connectivity index (χ2v) is 3.33. The first-order valence-electron chi connectivity index (χ1n) is 4.83. The van der Waals surface area contributed by atoms with Gasteiger partial charge in [-0.2, -0.15) is 4.39 Å². The number of hydrogen-bond donors (Lipinski definition) is 1. The van der Waals surface area contributed by atoms with Gasteiger partial charge in [0.2, 0.25) is 5.95 Å². The van der Waals surface area contributed by atoms with E-state index in [1.165, 1.54) is 30.5 Å². The van der Waals surface area contributed by atoms with E-state index < -0.39 is 17.7 Å². The Morgan fingerprint density at radius 1 is 1.18 bits per heavy atom. The first-order chi connectivity index (χ1) is 8.15. The lowest BCUT2D eigenvalue weighted by molar-refractivity contribution is 0.102. The second-order valence-electron chi connectivity index (χ2n) is 3.33. The zero-order chi connectivity index (χ0) is 12.3. The van der Waals surface area contributed by atoms with Gasteiger partial charge in [0.25, 0.3) is 5.91 Å². The number of carbonyl (C=O) groups excluding carboxylic acids is 1. The van der Waals surface area contributed by atoms with Crippen LogP contribution in [0.25, 0.3) is 0 Å². The molecule has 0 saturated carbocycles. The largest absolute Gasteiger partial charge is 0.321 e. The Morgan fingerprint density at radius 2 is 2.00 bits per heavy atom. The van der Waals surface area contributed by atoms with Crippen molar-refractivity contribution >= 4 is 11.6 Å². The summed E-state index contributed by atoms with van der Waals surface area (Å²) in [6.07, 6.45) is 1.19. The van der Waals surface area contributed by atoms with E-state index in [-0.39, 0.29) is 5.56 Å². The molecule has 0 spiro atoms. The number of pyridine rings is 1. The molecular weight excluding hydrogens is 226 g/mol. The van der Waals surface area contributed by atoms with Crippen LogP contribution in [-0.2, 0) is 0 Å². The molecule has 0 atom stereocenters. The van der Waals surface area contributed by atoms with Gasteiger partial charge in [0.05, 0.1) is 11.9 Å². The van der Waals surface area contributed by atoms with Gasteiger partial charge in [-0.25, -0.2) is 9.37 Å². The number of halogens is 2. The minimum atomic E-state index is -0.631. The molecule has 0 aliphatic heterocycles. The minimum absolute atomic E-state index is 0.189. The van der Waals surface area contributed by atoms with Crippen LogP contribution < -0.4 is 5.32 Å². The summed E-state index contributed by atoms with van der Waals surface area (Å²) in [4.78, 5) is 15.0. The first-order valence-corrected chi connectivity index (χ1v) is 4.83. The fourth-order valence-electron chi connectivity index (χ4n) is 1.28. The summed E-state index contributed by atoms with van der Waals surface area (Å²) in [5.41, 5.74) is 0.537. The van der Waals surface area contributed by atoms with Crippen LogP contribution in [0, 0.1) is 11.8 Å². The predicted molar refractivity (Wildman–Crippen MR) is 58.5 cm³/mol. The van der Waals surface area contributed by atoms with Gasteiger partial charge in [0.1, 0.15) is 5.82 Å². The summed E-state index contributed by atoms with van der Waals surface area (Å²) in [6.45, 7) is 0. The SMILES string of the molecule is O=C(Nc1ccc(F)nc1)c1cccc(F)c1. The lowest BCUT2D eigenvalue weighted by atomic mass is 10.2. The second kappa shape index (κ2) is 4.69. The van der Waals surface area contributed by atoms with E-state index in [1.54, 1.807) is 0 Å². The Labute approximate surface area is 96.1 Å². The van der Waals surface area contributed by atoms with Crippen molar-refractivity contribution in [3.8, 4) is 0 Å². The van der Waals surface area contributed by atoms with E-state index in [0.717, 1.165) is 12.1 Å².